The number of carbonyl (C=O) groups is 1. The van der Waals surface area contributed by atoms with E-state index in [1.165, 1.54) is 15.6 Å². The Balaban J connectivity index is 1.75. The molecular formula is C20H26N2O3S2. The molecule has 1 aliphatic rings. The van der Waals surface area contributed by atoms with Gasteiger partial charge in [0.05, 0.1) is 5.92 Å². The molecule has 1 aromatic carbocycles. The molecule has 0 saturated carbocycles. The maximum absolute atomic E-state index is 13.2. The SMILES string of the molecule is CC(C)N(Cc1ccccc1)C(=O)[C@@H]1CCCN(S(=O)(=O)c2cccs2)C1. The summed E-state index contributed by atoms with van der Waals surface area (Å²) in [5, 5.41) is 1.76. The largest absolute Gasteiger partial charge is 0.336 e. The van der Waals surface area contributed by atoms with Gasteiger partial charge >= 0.3 is 0 Å². The van der Waals surface area contributed by atoms with Crippen LogP contribution in [0.25, 0.3) is 0 Å². The van der Waals surface area contributed by atoms with E-state index in [0.717, 1.165) is 12.0 Å². The Kier molecular flexibility index (Phi) is 6.34. The lowest BCUT2D eigenvalue weighted by Gasteiger charge is -2.35. The van der Waals surface area contributed by atoms with Crippen molar-refractivity contribution < 1.29 is 13.2 Å². The third kappa shape index (κ3) is 4.59. The van der Waals surface area contributed by atoms with Crippen LogP contribution in [0.4, 0.5) is 0 Å². The maximum atomic E-state index is 13.2. The smallest absolute Gasteiger partial charge is 0.252 e. The van der Waals surface area contributed by atoms with E-state index in [-0.39, 0.29) is 24.4 Å². The van der Waals surface area contributed by atoms with Gasteiger partial charge in [0.25, 0.3) is 10.0 Å². The number of amides is 1. The molecule has 1 aliphatic heterocycles. The molecule has 2 aromatic rings. The Morgan fingerprint density at radius 3 is 2.59 bits per heavy atom. The summed E-state index contributed by atoms with van der Waals surface area (Å²) in [6.07, 6.45) is 1.44. The average molecular weight is 407 g/mol. The Hall–Kier alpha value is -1.70. The zero-order valence-electron chi connectivity index (χ0n) is 15.7. The molecule has 0 radical (unpaired) electrons. The lowest BCUT2D eigenvalue weighted by molar-refractivity contribution is -0.139. The van der Waals surface area contributed by atoms with Gasteiger partial charge in [0.2, 0.25) is 5.91 Å². The lowest BCUT2D eigenvalue weighted by atomic mass is 9.97. The molecule has 146 valence electrons. The van der Waals surface area contributed by atoms with Gasteiger partial charge in [-0.15, -0.1) is 11.3 Å². The predicted octanol–water partition coefficient (Wildman–Crippen LogP) is 3.59. The number of piperidine rings is 1. The van der Waals surface area contributed by atoms with Crippen molar-refractivity contribution in [3.05, 3.63) is 53.4 Å². The van der Waals surface area contributed by atoms with E-state index < -0.39 is 10.0 Å². The Bertz CT molecular complexity index is 849. The summed E-state index contributed by atoms with van der Waals surface area (Å²) >= 11 is 1.22. The molecule has 1 fully saturated rings. The molecule has 1 amide bonds. The number of carbonyl (C=O) groups excluding carboxylic acids is 1. The van der Waals surface area contributed by atoms with Crippen LogP contribution in [0.3, 0.4) is 0 Å². The van der Waals surface area contributed by atoms with Crippen LogP contribution in [-0.4, -0.2) is 42.7 Å². The van der Waals surface area contributed by atoms with Gasteiger partial charge in [-0.25, -0.2) is 8.42 Å². The fourth-order valence-corrected chi connectivity index (χ4v) is 6.10. The fraction of sp³-hybridized carbons (Fsp3) is 0.450. The van der Waals surface area contributed by atoms with Crippen LogP contribution in [0.2, 0.25) is 0 Å². The van der Waals surface area contributed by atoms with Gasteiger partial charge in [-0.1, -0.05) is 36.4 Å². The normalized spacial score (nSPS) is 18.6. The summed E-state index contributed by atoms with van der Waals surface area (Å²) in [6, 6.07) is 13.3. The number of sulfonamides is 1. The second-order valence-corrected chi connectivity index (χ2v) is 10.3. The van der Waals surface area contributed by atoms with Crippen molar-refractivity contribution >= 4 is 27.3 Å². The van der Waals surface area contributed by atoms with Crippen molar-refractivity contribution in [1.82, 2.24) is 9.21 Å². The van der Waals surface area contributed by atoms with E-state index >= 15 is 0 Å². The molecule has 5 nitrogen and oxygen atoms in total. The summed E-state index contributed by atoms with van der Waals surface area (Å²) in [6.45, 7) is 5.29. The molecule has 0 unspecified atom stereocenters. The van der Waals surface area contributed by atoms with Crippen LogP contribution < -0.4 is 0 Å². The van der Waals surface area contributed by atoms with Crippen molar-refractivity contribution in [1.29, 1.82) is 0 Å². The first-order valence-electron chi connectivity index (χ1n) is 9.27. The number of nitrogens with zero attached hydrogens (tertiary/aromatic N) is 2. The van der Waals surface area contributed by atoms with E-state index in [9.17, 15) is 13.2 Å². The number of hydrogen-bond acceptors (Lipinski definition) is 4. The maximum Gasteiger partial charge on any atom is 0.252 e. The molecule has 27 heavy (non-hydrogen) atoms. The van der Waals surface area contributed by atoms with Gasteiger partial charge in [0.15, 0.2) is 0 Å². The van der Waals surface area contributed by atoms with Crippen molar-refractivity contribution in [3.8, 4) is 0 Å². The van der Waals surface area contributed by atoms with Gasteiger partial charge in [0.1, 0.15) is 4.21 Å². The average Bonchev–Trinajstić information content (AvgIpc) is 3.22. The zero-order chi connectivity index (χ0) is 19.4. The summed E-state index contributed by atoms with van der Waals surface area (Å²) < 4.78 is 27.5. The molecule has 1 aromatic heterocycles. The van der Waals surface area contributed by atoms with Gasteiger partial charge < -0.3 is 4.90 Å². The number of thiophene rings is 1. The molecule has 1 atom stereocenters. The highest BCUT2D eigenvalue weighted by molar-refractivity contribution is 7.91. The zero-order valence-corrected chi connectivity index (χ0v) is 17.4. The highest BCUT2D eigenvalue weighted by atomic mass is 32.2. The van der Waals surface area contributed by atoms with E-state index in [2.05, 4.69) is 0 Å². The molecule has 1 saturated heterocycles. The number of rotatable bonds is 6. The molecule has 0 N–H and O–H groups in total. The number of hydrogen-bond donors (Lipinski definition) is 0. The molecular weight excluding hydrogens is 380 g/mol. The standard InChI is InChI=1S/C20H26N2O3S2/c1-16(2)22(14-17-8-4-3-5-9-17)20(23)18-10-6-12-21(15-18)27(24,25)19-11-7-13-26-19/h3-5,7-9,11,13,16,18H,6,10,12,14-15H2,1-2H3/t18-/m1/s1. The van der Waals surface area contributed by atoms with Crippen LogP contribution in [-0.2, 0) is 21.4 Å². The van der Waals surface area contributed by atoms with Gasteiger partial charge in [-0.05, 0) is 43.7 Å². The van der Waals surface area contributed by atoms with Crippen molar-refractivity contribution in [2.24, 2.45) is 5.92 Å². The molecule has 0 spiro atoms. The minimum Gasteiger partial charge on any atom is -0.336 e. The summed E-state index contributed by atoms with van der Waals surface area (Å²) in [4.78, 5) is 15.1. The Morgan fingerprint density at radius 1 is 1.22 bits per heavy atom. The van der Waals surface area contributed by atoms with Crippen molar-refractivity contribution in [2.45, 2.75) is 43.5 Å². The molecule has 2 heterocycles. The highest BCUT2D eigenvalue weighted by Crippen LogP contribution is 2.28. The number of benzene rings is 1. The third-order valence-electron chi connectivity index (χ3n) is 4.92. The minimum atomic E-state index is -3.51. The lowest BCUT2D eigenvalue weighted by Crippen LogP contribution is -2.48. The monoisotopic (exact) mass is 406 g/mol. The molecule has 3 rings (SSSR count). The third-order valence-corrected chi connectivity index (χ3v) is 8.16. The van der Waals surface area contributed by atoms with E-state index in [1.807, 2.05) is 49.1 Å². The highest BCUT2D eigenvalue weighted by Gasteiger charge is 2.36. The second-order valence-electron chi connectivity index (χ2n) is 7.18. The van der Waals surface area contributed by atoms with Crippen LogP contribution in [0, 0.1) is 5.92 Å². The topological polar surface area (TPSA) is 57.7 Å². The van der Waals surface area contributed by atoms with Gasteiger partial charge in [-0.2, -0.15) is 4.31 Å². The van der Waals surface area contributed by atoms with Crippen LogP contribution in [0.15, 0.2) is 52.1 Å². The first kappa shape index (κ1) is 20.0. The van der Waals surface area contributed by atoms with Crippen molar-refractivity contribution in [3.63, 3.8) is 0 Å². The summed E-state index contributed by atoms with van der Waals surface area (Å²) in [5.41, 5.74) is 1.08. The quantitative estimate of drug-likeness (QED) is 0.737. The van der Waals surface area contributed by atoms with E-state index in [1.54, 1.807) is 17.5 Å². The summed E-state index contributed by atoms with van der Waals surface area (Å²) in [7, 11) is -3.51. The second kappa shape index (κ2) is 8.54. The van der Waals surface area contributed by atoms with Crippen LogP contribution >= 0.6 is 11.3 Å². The molecule has 0 aliphatic carbocycles. The first-order valence-corrected chi connectivity index (χ1v) is 11.6. The first-order chi connectivity index (χ1) is 12.9. The summed E-state index contributed by atoms with van der Waals surface area (Å²) in [5.74, 6) is -0.250. The predicted molar refractivity (Wildman–Crippen MR) is 108 cm³/mol. The fourth-order valence-electron chi connectivity index (χ4n) is 3.43. The van der Waals surface area contributed by atoms with Crippen molar-refractivity contribution in [2.75, 3.05) is 13.1 Å². The molecule has 0 bridgehead atoms. The van der Waals surface area contributed by atoms with Gasteiger partial charge in [-0.3, -0.25) is 4.79 Å². The minimum absolute atomic E-state index is 0.0416. The molecule has 7 heteroatoms. The van der Waals surface area contributed by atoms with E-state index in [4.69, 9.17) is 0 Å². The Morgan fingerprint density at radius 2 is 1.96 bits per heavy atom. The Labute approximate surface area is 165 Å². The van der Waals surface area contributed by atoms with Gasteiger partial charge in [0, 0.05) is 25.7 Å². The van der Waals surface area contributed by atoms with Crippen LogP contribution in [0.1, 0.15) is 32.3 Å². The van der Waals surface area contributed by atoms with E-state index in [0.29, 0.717) is 23.7 Å². The van der Waals surface area contributed by atoms with Crippen LogP contribution in [0.5, 0.6) is 0 Å².